The monoisotopic (exact) mass is 522 g/mol. The van der Waals surface area contributed by atoms with Gasteiger partial charge < -0.3 is 25.8 Å². The van der Waals surface area contributed by atoms with Crippen LogP contribution < -0.4 is 25.8 Å². The largest absolute Gasteiger partial charge is 0.486 e. The SMILES string of the molecule is Nc1nc(Nc2ccc(C(=O)NCC3COc4ccccc4O3)cc2)sc1C(=O)c1c(F)cccc1F. The zero-order valence-electron chi connectivity index (χ0n) is 19.2. The number of halogens is 2. The number of hydrogen-bond donors (Lipinski definition) is 3. The molecule has 188 valence electrons. The lowest BCUT2D eigenvalue weighted by Crippen LogP contribution is -2.40. The first-order valence-electron chi connectivity index (χ1n) is 11.2. The number of carbonyl (C=O) groups excluding carboxylic acids is 2. The van der Waals surface area contributed by atoms with Crippen LogP contribution in [0.4, 0.5) is 25.4 Å². The summed E-state index contributed by atoms with van der Waals surface area (Å²) in [6.45, 7) is 0.593. The van der Waals surface area contributed by atoms with Gasteiger partial charge in [-0.3, -0.25) is 9.59 Å². The minimum atomic E-state index is -0.978. The Morgan fingerprint density at radius 2 is 1.70 bits per heavy atom. The molecular weight excluding hydrogens is 502 g/mol. The lowest BCUT2D eigenvalue weighted by Gasteiger charge is -2.26. The standard InChI is InChI=1S/C26H20F2N4O4S/c27-17-4-3-5-18(28)21(17)22(33)23-24(29)32-26(37-23)31-15-10-8-14(9-11-15)25(34)30-12-16-13-35-19-6-1-2-7-20(19)36-16/h1-11,16H,12-13,29H2,(H,30,34)(H,31,32). The van der Waals surface area contributed by atoms with Crippen molar-refractivity contribution in [1.82, 2.24) is 10.3 Å². The highest BCUT2D eigenvalue weighted by Gasteiger charge is 2.24. The molecule has 0 aliphatic carbocycles. The van der Waals surface area contributed by atoms with E-state index >= 15 is 0 Å². The van der Waals surface area contributed by atoms with Crippen molar-refractivity contribution in [1.29, 1.82) is 0 Å². The third kappa shape index (κ3) is 5.21. The predicted octanol–water partition coefficient (Wildman–Crippen LogP) is 4.55. The van der Waals surface area contributed by atoms with Crippen molar-refractivity contribution < 1.29 is 27.8 Å². The van der Waals surface area contributed by atoms with E-state index in [1.807, 2.05) is 24.3 Å². The van der Waals surface area contributed by atoms with Crippen molar-refractivity contribution in [3.05, 3.63) is 94.4 Å². The zero-order valence-corrected chi connectivity index (χ0v) is 20.0. The minimum Gasteiger partial charge on any atom is -0.486 e. The van der Waals surface area contributed by atoms with Gasteiger partial charge in [-0.05, 0) is 48.5 Å². The first-order chi connectivity index (χ1) is 17.9. The molecule has 37 heavy (non-hydrogen) atoms. The Kier molecular flexibility index (Phi) is 6.69. The minimum absolute atomic E-state index is 0.0842. The average molecular weight is 523 g/mol. The van der Waals surface area contributed by atoms with Crippen LogP contribution >= 0.6 is 11.3 Å². The molecule has 0 radical (unpaired) electrons. The number of thiazole rings is 1. The Balaban J connectivity index is 1.20. The summed E-state index contributed by atoms with van der Waals surface area (Å²) in [5.74, 6) is -1.97. The third-order valence-electron chi connectivity index (χ3n) is 5.51. The normalized spacial score (nSPS) is 14.2. The summed E-state index contributed by atoms with van der Waals surface area (Å²) in [6, 6.07) is 17.0. The number of ether oxygens (including phenoxy) is 2. The summed E-state index contributed by atoms with van der Waals surface area (Å²) < 4.78 is 39.5. The molecule has 0 saturated heterocycles. The van der Waals surface area contributed by atoms with Crippen molar-refractivity contribution >= 4 is 39.7 Å². The topological polar surface area (TPSA) is 116 Å². The molecule has 0 spiro atoms. The van der Waals surface area contributed by atoms with E-state index < -0.39 is 23.0 Å². The average Bonchev–Trinajstić information content (AvgIpc) is 3.27. The number of aromatic nitrogens is 1. The highest BCUT2D eigenvalue weighted by Crippen LogP contribution is 2.32. The highest BCUT2D eigenvalue weighted by molar-refractivity contribution is 7.18. The maximum atomic E-state index is 14.0. The van der Waals surface area contributed by atoms with Crippen LogP contribution in [0.3, 0.4) is 0 Å². The van der Waals surface area contributed by atoms with Gasteiger partial charge in [0, 0.05) is 11.3 Å². The lowest BCUT2D eigenvalue weighted by atomic mass is 10.1. The number of hydrogen-bond acceptors (Lipinski definition) is 8. The Morgan fingerprint density at radius 3 is 2.43 bits per heavy atom. The van der Waals surface area contributed by atoms with Gasteiger partial charge >= 0.3 is 0 Å². The number of nitrogen functional groups attached to an aromatic ring is 1. The fraction of sp³-hybridized carbons (Fsp3) is 0.115. The molecule has 1 amide bonds. The van der Waals surface area contributed by atoms with Crippen LogP contribution in [0.5, 0.6) is 11.5 Å². The second-order valence-corrected chi connectivity index (χ2v) is 9.07. The van der Waals surface area contributed by atoms with Gasteiger partial charge in [-0.25, -0.2) is 13.8 Å². The van der Waals surface area contributed by atoms with Crippen molar-refractivity contribution in [2.24, 2.45) is 0 Å². The number of amides is 1. The Bertz CT molecular complexity index is 1460. The molecule has 8 nitrogen and oxygen atoms in total. The number of rotatable bonds is 7. The van der Waals surface area contributed by atoms with Crippen molar-refractivity contribution in [2.45, 2.75) is 6.10 Å². The van der Waals surface area contributed by atoms with Gasteiger partial charge in [-0.2, -0.15) is 0 Å². The zero-order chi connectivity index (χ0) is 25.9. The number of nitrogens with zero attached hydrogens (tertiary/aromatic N) is 1. The Hall–Kier alpha value is -4.51. The molecule has 4 N–H and O–H groups in total. The molecule has 1 aliphatic rings. The van der Waals surface area contributed by atoms with Crippen LogP contribution in [0.2, 0.25) is 0 Å². The molecule has 11 heteroatoms. The van der Waals surface area contributed by atoms with Gasteiger partial charge in [0.15, 0.2) is 16.6 Å². The first kappa shape index (κ1) is 24.2. The fourth-order valence-corrected chi connectivity index (χ4v) is 4.53. The van der Waals surface area contributed by atoms with E-state index in [-0.39, 0.29) is 34.4 Å². The maximum absolute atomic E-state index is 14.0. The van der Waals surface area contributed by atoms with E-state index in [2.05, 4.69) is 15.6 Å². The third-order valence-corrected chi connectivity index (χ3v) is 6.49. The van der Waals surface area contributed by atoms with Crippen molar-refractivity contribution in [2.75, 3.05) is 24.2 Å². The summed E-state index contributed by atoms with van der Waals surface area (Å²) in [7, 11) is 0. The number of anilines is 3. The van der Waals surface area contributed by atoms with E-state index in [1.165, 1.54) is 6.07 Å². The highest BCUT2D eigenvalue weighted by atomic mass is 32.1. The summed E-state index contributed by atoms with van der Waals surface area (Å²) in [4.78, 5) is 29.2. The summed E-state index contributed by atoms with van der Waals surface area (Å²) in [6.07, 6.45) is -0.315. The van der Waals surface area contributed by atoms with Crippen LogP contribution in [0, 0.1) is 11.6 Å². The van der Waals surface area contributed by atoms with Gasteiger partial charge in [0.1, 0.15) is 35.0 Å². The quantitative estimate of drug-likeness (QED) is 0.305. The molecule has 4 aromatic rings. The van der Waals surface area contributed by atoms with Crippen LogP contribution in [0.1, 0.15) is 25.6 Å². The Morgan fingerprint density at radius 1 is 1.00 bits per heavy atom. The fourth-order valence-electron chi connectivity index (χ4n) is 3.68. The molecule has 1 aromatic heterocycles. The van der Waals surface area contributed by atoms with Gasteiger partial charge in [-0.1, -0.05) is 29.5 Å². The number of para-hydroxylation sites is 2. The first-order valence-corrected chi connectivity index (χ1v) is 12.0. The van der Waals surface area contributed by atoms with Crippen molar-refractivity contribution in [3.63, 3.8) is 0 Å². The molecule has 3 aromatic carbocycles. The number of carbonyl (C=O) groups is 2. The van der Waals surface area contributed by atoms with Crippen LogP contribution in [0.25, 0.3) is 0 Å². The molecule has 0 fully saturated rings. The number of fused-ring (bicyclic) bond motifs is 1. The second-order valence-electron chi connectivity index (χ2n) is 8.07. The molecule has 1 unspecified atom stereocenters. The van der Waals surface area contributed by atoms with E-state index in [0.717, 1.165) is 23.5 Å². The van der Waals surface area contributed by atoms with Gasteiger partial charge in [0.05, 0.1) is 12.1 Å². The van der Waals surface area contributed by atoms with Crippen LogP contribution in [-0.2, 0) is 0 Å². The van der Waals surface area contributed by atoms with E-state index in [9.17, 15) is 18.4 Å². The van der Waals surface area contributed by atoms with Crippen molar-refractivity contribution in [3.8, 4) is 11.5 Å². The maximum Gasteiger partial charge on any atom is 0.251 e. The summed E-state index contributed by atoms with van der Waals surface area (Å²) in [5.41, 5.74) is 6.15. The molecular formula is C26H20F2N4O4S. The molecule has 0 saturated carbocycles. The van der Waals surface area contributed by atoms with Gasteiger partial charge in [-0.15, -0.1) is 0 Å². The lowest BCUT2D eigenvalue weighted by molar-refractivity contribution is 0.0789. The van der Waals surface area contributed by atoms with Crippen LogP contribution in [0.15, 0.2) is 66.7 Å². The Labute approximate surface area is 214 Å². The number of ketones is 1. The van der Waals surface area contributed by atoms with E-state index in [1.54, 1.807) is 24.3 Å². The molecule has 5 rings (SSSR count). The van der Waals surface area contributed by atoms with Crippen LogP contribution in [-0.4, -0.2) is 35.9 Å². The molecule has 1 aliphatic heterocycles. The smallest absolute Gasteiger partial charge is 0.251 e. The molecule has 1 atom stereocenters. The predicted molar refractivity (Wildman–Crippen MR) is 135 cm³/mol. The molecule has 2 heterocycles. The summed E-state index contributed by atoms with van der Waals surface area (Å²) in [5, 5.41) is 6.06. The molecule has 0 bridgehead atoms. The van der Waals surface area contributed by atoms with E-state index in [4.69, 9.17) is 15.2 Å². The summed E-state index contributed by atoms with van der Waals surface area (Å²) >= 11 is 0.869. The van der Waals surface area contributed by atoms with Gasteiger partial charge in [0.25, 0.3) is 5.91 Å². The van der Waals surface area contributed by atoms with Gasteiger partial charge in [0.2, 0.25) is 5.78 Å². The van der Waals surface area contributed by atoms with E-state index in [0.29, 0.717) is 29.4 Å². The number of nitrogens with two attached hydrogens (primary N) is 1. The second kappa shape index (κ2) is 10.2. The number of nitrogens with one attached hydrogen (secondary N) is 2. The number of benzene rings is 3.